The molecule has 0 aliphatic carbocycles. The van der Waals surface area contributed by atoms with E-state index in [-0.39, 0.29) is 24.0 Å². The van der Waals surface area contributed by atoms with Crippen molar-refractivity contribution in [2.75, 3.05) is 43.9 Å². The van der Waals surface area contributed by atoms with Gasteiger partial charge in [0.05, 0.1) is 13.2 Å². The van der Waals surface area contributed by atoms with Crippen molar-refractivity contribution >= 4 is 23.4 Å². The van der Waals surface area contributed by atoms with Crippen LogP contribution in [-0.2, 0) is 16.1 Å². The molecule has 0 spiro atoms. The molecule has 1 saturated heterocycles. The highest BCUT2D eigenvalue weighted by Crippen LogP contribution is 2.25. The summed E-state index contributed by atoms with van der Waals surface area (Å²) in [6.45, 7) is 4.67. The second kappa shape index (κ2) is 11.4. The van der Waals surface area contributed by atoms with Gasteiger partial charge < -0.3 is 14.6 Å². The summed E-state index contributed by atoms with van der Waals surface area (Å²) in [5.41, 5.74) is 1.34. The molecule has 33 heavy (non-hydrogen) atoms. The van der Waals surface area contributed by atoms with E-state index in [0.29, 0.717) is 29.0 Å². The van der Waals surface area contributed by atoms with Gasteiger partial charge in [-0.3, -0.25) is 9.69 Å². The Morgan fingerprint density at radius 1 is 0.970 bits per heavy atom. The highest BCUT2D eigenvalue weighted by Gasteiger charge is 2.17. The lowest BCUT2D eigenvalue weighted by Crippen LogP contribution is -2.38. The average molecular weight is 474 g/mol. The van der Waals surface area contributed by atoms with Gasteiger partial charge in [0.2, 0.25) is 5.91 Å². The Morgan fingerprint density at radius 3 is 2.33 bits per heavy atom. The van der Waals surface area contributed by atoms with Gasteiger partial charge in [0.1, 0.15) is 11.6 Å². The fraction of sp³-hybridized carbons (Fsp3) is 0.348. The van der Waals surface area contributed by atoms with Crippen LogP contribution in [0.4, 0.5) is 14.5 Å². The number of hydrogen-bond donors (Lipinski definition) is 1. The molecule has 0 atom stereocenters. The molecule has 1 aromatic heterocycles. The third-order valence-electron chi connectivity index (χ3n) is 5.25. The van der Waals surface area contributed by atoms with Gasteiger partial charge in [0.25, 0.3) is 0 Å². The number of nitrogens with zero attached hydrogens (tertiary/aromatic N) is 4. The number of rotatable bonds is 9. The molecular formula is C23H25F2N5O2S. The first-order valence-electron chi connectivity index (χ1n) is 10.8. The number of amides is 1. The van der Waals surface area contributed by atoms with Crippen LogP contribution in [0, 0.1) is 11.6 Å². The molecule has 174 valence electrons. The normalized spacial score (nSPS) is 14.4. The van der Waals surface area contributed by atoms with E-state index in [1.165, 1.54) is 48.2 Å². The van der Waals surface area contributed by atoms with Crippen molar-refractivity contribution in [3.05, 3.63) is 60.2 Å². The highest BCUT2D eigenvalue weighted by molar-refractivity contribution is 7.99. The minimum atomic E-state index is -0.350. The predicted molar refractivity (Wildman–Crippen MR) is 123 cm³/mol. The standard InChI is InChI=1S/C23H25F2N5O2S/c24-18-3-1-17(2-4-18)22-27-28-23(30(22)11-10-29-12-14-32-15-13-29)33-16-9-21(31)26-20-7-5-19(25)6-8-20/h1-8H,9-16H2,(H,26,31). The molecule has 2 heterocycles. The summed E-state index contributed by atoms with van der Waals surface area (Å²) in [6, 6.07) is 11.8. The van der Waals surface area contributed by atoms with Gasteiger partial charge in [-0.15, -0.1) is 10.2 Å². The first kappa shape index (κ1) is 23.3. The Morgan fingerprint density at radius 2 is 1.64 bits per heavy atom. The van der Waals surface area contributed by atoms with Crippen molar-refractivity contribution in [2.24, 2.45) is 0 Å². The average Bonchev–Trinajstić information content (AvgIpc) is 3.23. The zero-order chi connectivity index (χ0) is 23.0. The molecule has 2 aromatic carbocycles. The molecule has 0 radical (unpaired) electrons. The van der Waals surface area contributed by atoms with Crippen molar-refractivity contribution in [2.45, 2.75) is 18.1 Å². The number of halogens is 2. The molecule has 1 fully saturated rings. The number of thioether (sulfide) groups is 1. The molecule has 3 aromatic rings. The maximum Gasteiger partial charge on any atom is 0.225 e. The van der Waals surface area contributed by atoms with Crippen LogP contribution in [0.1, 0.15) is 6.42 Å². The van der Waals surface area contributed by atoms with Gasteiger partial charge in [-0.2, -0.15) is 0 Å². The third-order valence-corrected chi connectivity index (χ3v) is 6.22. The number of hydrogen-bond acceptors (Lipinski definition) is 6. The fourth-order valence-corrected chi connectivity index (χ4v) is 4.37. The molecule has 0 saturated carbocycles. The summed E-state index contributed by atoms with van der Waals surface area (Å²) < 4.78 is 33.9. The quantitative estimate of drug-likeness (QED) is 0.478. The van der Waals surface area contributed by atoms with E-state index in [9.17, 15) is 13.6 Å². The number of carbonyl (C=O) groups is 1. The van der Waals surface area contributed by atoms with E-state index in [2.05, 4.69) is 20.4 Å². The summed E-state index contributed by atoms with van der Waals surface area (Å²) in [5.74, 6) is 0.358. The number of anilines is 1. The molecule has 1 aliphatic rings. The van der Waals surface area contributed by atoms with Crippen molar-refractivity contribution in [3.63, 3.8) is 0 Å². The lowest BCUT2D eigenvalue weighted by atomic mass is 10.2. The maximum atomic E-state index is 13.4. The van der Waals surface area contributed by atoms with Crippen LogP contribution in [0.2, 0.25) is 0 Å². The number of ether oxygens (including phenoxy) is 1. The van der Waals surface area contributed by atoms with E-state index in [1.807, 2.05) is 4.57 Å². The lowest BCUT2D eigenvalue weighted by molar-refractivity contribution is -0.115. The SMILES string of the molecule is O=C(CCSc1nnc(-c2ccc(F)cc2)n1CCN1CCOCC1)Nc1ccc(F)cc1. The Hall–Kier alpha value is -2.82. The van der Waals surface area contributed by atoms with E-state index in [1.54, 1.807) is 12.1 Å². The lowest BCUT2D eigenvalue weighted by Gasteiger charge is -2.27. The van der Waals surface area contributed by atoms with Gasteiger partial charge in [-0.05, 0) is 48.5 Å². The van der Waals surface area contributed by atoms with Gasteiger partial charge >= 0.3 is 0 Å². The van der Waals surface area contributed by atoms with Crippen molar-refractivity contribution in [1.29, 1.82) is 0 Å². The van der Waals surface area contributed by atoms with Crippen LogP contribution >= 0.6 is 11.8 Å². The van der Waals surface area contributed by atoms with Crippen LogP contribution in [0.5, 0.6) is 0 Å². The molecule has 1 aliphatic heterocycles. The van der Waals surface area contributed by atoms with E-state index < -0.39 is 0 Å². The fourth-order valence-electron chi connectivity index (χ4n) is 3.47. The number of morpholine rings is 1. The number of carbonyl (C=O) groups excluding carboxylic acids is 1. The first-order chi connectivity index (χ1) is 16.1. The topological polar surface area (TPSA) is 72.3 Å². The summed E-state index contributed by atoms with van der Waals surface area (Å²) in [5, 5.41) is 12.1. The second-order valence-corrected chi connectivity index (χ2v) is 8.63. The van der Waals surface area contributed by atoms with Crippen LogP contribution < -0.4 is 5.32 Å². The van der Waals surface area contributed by atoms with Crippen LogP contribution in [-0.4, -0.2) is 64.2 Å². The predicted octanol–water partition coefficient (Wildman–Crippen LogP) is 3.68. The van der Waals surface area contributed by atoms with Crippen molar-refractivity contribution in [1.82, 2.24) is 19.7 Å². The van der Waals surface area contributed by atoms with Gasteiger partial charge in [-0.25, -0.2) is 8.78 Å². The van der Waals surface area contributed by atoms with E-state index in [0.717, 1.165) is 38.4 Å². The minimum absolute atomic E-state index is 0.160. The molecule has 4 rings (SSSR count). The molecule has 0 unspecified atom stereocenters. The molecule has 0 bridgehead atoms. The molecule has 10 heteroatoms. The van der Waals surface area contributed by atoms with Gasteiger partial charge in [0, 0.05) is 49.6 Å². The summed E-state index contributed by atoms with van der Waals surface area (Å²) >= 11 is 1.44. The molecule has 1 N–H and O–H groups in total. The number of nitrogens with one attached hydrogen (secondary N) is 1. The second-order valence-electron chi connectivity index (χ2n) is 7.57. The van der Waals surface area contributed by atoms with E-state index >= 15 is 0 Å². The number of benzene rings is 2. The summed E-state index contributed by atoms with van der Waals surface area (Å²) in [6.07, 6.45) is 0.268. The Labute approximate surface area is 195 Å². The Bertz CT molecular complexity index is 1050. The molecule has 7 nitrogen and oxygen atoms in total. The van der Waals surface area contributed by atoms with E-state index in [4.69, 9.17) is 4.74 Å². The minimum Gasteiger partial charge on any atom is -0.379 e. The van der Waals surface area contributed by atoms with Gasteiger partial charge in [0.15, 0.2) is 11.0 Å². The zero-order valence-corrected chi connectivity index (χ0v) is 18.9. The number of aromatic nitrogens is 3. The zero-order valence-electron chi connectivity index (χ0n) is 18.0. The van der Waals surface area contributed by atoms with Crippen molar-refractivity contribution < 1.29 is 18.3 Å². The molecular weight excluding hydrogens is 448 g/mol. The Kier molecular flexibility index (Phi) is 8.03. The maximum absolute atomic E-state index is 13.4. The monoisotopic (exact) mass is 473 g/mol. The summed E-state index contributed by atoms with van der Waals surface area (Å²) in [4.78, 5) is 14.6. The smallest absolute Gasteiger partial charge is 0.225 e. The van der Waals surface area contributed by atoms with Crippen LogP contribution in [0.3, 0.4) is 0 Å². The van der Waals surface area contributed by atoms with Crippen LogP contribution in [0.25, 0.3) is 11.4 Å². The first-order valence-corrected chi connectivity index (χ1v) is 11.7. The Balaban J connectivity index is 1.40. The van der Waals surface area contributed by atoms with Crippen molar-refractivity contribution in [3.8, 4) is 11.4 Å². The third kappa shape index (κ3) is 6.59. The van der Waals surface area contributed by atoms with Gasteiger partial charge in [-0.1, -0.05) is 11.8 Å². The molecule has 1 amide bonds. The highest BCUT2D eigenvalue weighted by atomic mass is 32.2. The summed E-state index contributed by atoms with van der Waals surface area (Å²) in [7, 11) is 0. The largest absolute Gasteiger partial charge is 0.379 e. The van der Waals surface area contributed by atoms with Crippen LogP contribution in [0.15, 0.2) is 53.7 Å².